The highest BCUT2D eigenvalue weighted by Gasteiger charge is 2.27. The molecule has 11 heteroatoms. The highest BCUT2D eigenvalue weighted by Crippen LogP contribution is 2.43. The third-order valence-electron chi connectivity index (χ3n) is 11.6. The number of aliphatic hydroxyl groups excluding tert-OH is 2. The maximum Gasteiger partial charge on any atom is 0.472 e. The molecule has 0 amide bonds. The summed E-state index contributed by atoms with van der Waals surface area (Å²) in [6, 6.07) is 0. The molecule has 0 saturated carbocycles. The Morgan fingerprint density at radius 2 is 0.841 bits per heavy atom. The van der Waals surface area contributed by atoms with Gasteiger partial charge in [0.05, 0.1) is 19.8 Å². The van der Waals surface area contributed by atoms with Gasteiger partial charge in [0.2, 0.25) is 0 Å². The number of hydrogen-bond acceptors (Lipinski definition) is 9. The molecule has 0 aromatic rings. The Morgan fingerprint density at radius 3 is 1.27 bits per heavy atom. The summed E-state index contributed by atoms with van der Waals surface area (Å²) in [4.78, 5) is 35.1. The van der Waals surface area contributed by atoms with Crippen LogP contribution in [0.5, 0.6) is 0 Å². The van der Waals surface area contributed by atoms with Crippen LogP contribution < -0.4 is 0 Å². The van der Waals surface area contributed by atoms with Crippen molar-refractivity contribution in [1.29, 1.82) is 0 Å². The Hall–Kier alpha value is -1.55. The smallest absolute Gasteiger partial charge is 0.462 e. The Labute approximate surface area is 387 Å². The van der Waals surface area contributed by atoms with Gasteiger partial charge in [0.15, 0.2) is 6.10 Å². The van der Waals surface area contributed by atoms with Crippen molar-refractivity contribution in [2.45, 2.75) is 270 Å². The Balaban J connectivity index is 4.15. The number of ether oxygens (including phenoxy) is 2. The van der Waals surface area contributed by atoms with Gasteiger partial charge < -0.3 is 24.6 Å². The van der Waals surface area contributed by atoms with Crippen molar-refractivity contribution in [3.63, 3.8) is 0 Å². The van der Waals surface area contributed by atoms with Crippen molar-refractivity contribution in [3.8, 4) is 0 Å². The van der Waals surface area contributed by atoms with E-state index in [4.69, 9.17) is 23.6 Å². The lowest BCUT2D eigenvalue weighted by Gasteiger charge is -2.20. The molecule has 0 radical (unpaired) electrons. The van der Waals surface area contributed by atoms with Crippen molar-refractivity contribution < 1.29 is 47.8 Å². The van der Waals surface area contributed by atoms with E-state index in [1.165, 1.54) is 180 Å². The molecule has 0 aromatic carbocycles. The van der Waals surface area contributed by atoms with Gasteiger partial charge in [0, 0.05) is 12.8 Å². The molecule has 1 unspecified atom stereocenters. The van der Waals surface area contributed by atoms with Crippen molar-refractivity contribution in [2.75, 3.05) is 26.4 Å². The standard InChI is InChI=1S/C52H99O10P/c1-3-5-7-9-11-13-15-17-19-21-22-23-24-25-26-28-29-31-33-35-37-39-41-43-51(55)59-47-50(48-61-63(57,58)60-46-49(54)45-53)62-52(56)44-42-40-38-36-34-32-30-27-20-18-16-14-12-10-8-6-4-2/h30,32,36,38,49-50,53-54H,3-29,31,33-35,37,39-48H2,1-2H3,(H,57,58)/b32-30+,38-36+/t49-,50+/m1/s1. The van der Waals surface area contributed by atoms with Crippen LogP contribution >= 0.6 is 7.82 Å². The van der Waals surface area contributed by atoms with Crippen LogP contribution in [0.3, 0.4) is 0 Å². The molecule has 3 atom stereocenters. The summed E-state index contributed by atoms with van der Waals surface area (Å²) in [6.45, 7) is 2.39. The van der Waals surface area contributed by atoms with Gasteiger partial charge >= 0.3 is 19.8 Å². The predicted molar refractivity (Wildman–Crippen MR) is 261 cm³/mol. The molecule has 0 rings (SSSR count). The number of carbonyl (C=O) groups excluding carboxylic acids is 2. The fourth-order valence-electron chi connectivity index (χ4n) is 7.57. The first-order valence-electron chi connectivity index (χ1n) is 26.3. The molecule has 0 fully saturated rings. The topological polar surface area (TPSA) is 149 Å². The van der Waals surface area contributed by atoms with Crippen LogP contribution in [0, 0.1) is 0 Å². The van der Waals surface area contributed by atoms with Crippen LogP contribution in [0.15, 0.2) is 24.3 Å². The summed E-state index contributed by atoms with van der Waals surface area (Å²) in [5.41, 5.74) is 0. The zero-order chi connectivity index (χ0) is 46.2. The number of unbranched alkanes of at least 4 members (excludes halogenated alkanes) is 32. The molecule has 0 spiro atoms. The van der Waals surface area contributed by atoms with Gasteiger partial charge in [-0.1, -0.05) is 231 Å². The number of allylic oxidation sites excluding steroid dienone is 4. The Kier molecular flexibility index (Phi) is 47.2. The lowest BCUT2D eigenvalue weighted by Crippen LogP contribution is -2.29. The summed E-state index contributed by atoms with van der Waals surface area (Å²) < 4.78 is 32.8. The molecule has 0 bridgehead atoms. The second-order valence-electron chi connectivity index (χ2n) is 17.9. The van der Waals surface area contributed by atoms with Crippen LogP contribution in [0.4, 0.5) is 0 Å². The fraction of sp³-hybridized carbons (Fsp3) is 0.885. The van der Waals surface area contributed by atoms with Gasteiger partial charge in [-0.05, 0) is 38.5 Å². The highest BCUT2D eigenvalue weighted by atomic mass is 31.2. The van der Waals surface area contributed by atoms with Crippen LogP contribution in [0.25, 0.3) is 0 Å². The molecule has 0 aliphatic carbocycles. The van der Waals surface area contributed by atoms with Crippen LogP contribution in [0.1, 0.15) is 258 Å². The number of carbonyl (C=O) groups is 2. The monoisotopic (exact) mass is 915 g/mol. The van der Waals surface area contributed by atoms with E-state index >= 15 is 0 Å². The number of phosphoric ester groups is 1. The normalized spacial score (nSPS) is 13.8. The minimum absolute atomic E-state index is 0.124. The van der Waals surface area contributed by atoms with Gasteiger partial charge in [-0.2, -0.15) is 0 Å². The minimum Gasteiger partial charge on any atom is -0.462 e. The van der Waals surface area contributed by atoms with E-state index in [1.54, 1.807) is 0 Å². The quantitative estimate of drug-likeness (QED) is 0.0233. The predicted octanol–water partition coefficient (Wildman–Crippen LogP) is 14.9. The number of aliphatic hydroxyl groups is 2. The second kappa shape index (κ2) is 48.4. The van der Waals surface area contributed by atoms with Crippen molar-refractivity contribution in [3.05, 3.63) is 24.3 Å². The summed E-state index contributed by atoms with van der Waals surface area (Å²) >= 11 is 0. The number of hydrogen-bond donors (Lipinski definition) is 3. The Morgan fingerprint density at radius 1 is 0.476 bits per heavy atom. The summed E-state index contributed by atoms with van der Waals surface area (Å²) in [5.74, 6) is -0.963. The molecule has 0 heterocycles. The van der Waals surface area contributed by atoms with Crippen molar-refractivity contribution in [1.82, 2.24) is 0 Å². The van der Waals surface area contributed by atoms with Gasteiger partial charge in [0.25, 0.3) is 0 Å². The van der Waals surface area contributed by atoms with E-state index < -0.39 is 51.8 Å². The van der Waals surface area contributed by atoms with E-state index in [0.29, 0.717) is 19.3 Å². The fourth-order valence-corrected chi connectivity index (χ4v) is 8.35. The molecule has 3 N–H and O–H groups in total. The van der Waals surface area contributed by atoms with E-state index in [1.807, 2.05) is 6.08 Å². The van der Waals surface area contributed by atoms with Gasteiger partial charge in [-0.3, -0.25) is 18.6 Å². The molecular weight excluding hydrogens is 816 g/mol. The maximum absolute atomic E-state index is 12.6. The SMILES string of the molecule is CCCCCCCCCCC/C=C/C/C=C/CCCC(=O)O[C@@H](COC(=O)CCCCCCCCCCCCCCCCCCCCCCCCC)COP(=O)(O)OC[C@H](O)CO. The average Bonchev–Trinajstić information content (AvgIpc) is 3.27. The molecule has 63 heavy (non-hydrogen) atoms. The van der Waals surface area contributed by atoms with Crippen molar-refractivity contribution >= 4 is 19.8 Å². The molecule has 0 aromatic heterocycles. The van der Waals surface area contributed by atoms with Crippen LogP contribution in [-0.2, 0) is 32.7 Å². The molecular formula is C52H99O10P. The molecule has 10 nitrogen and oxygen atoms in total. The Bertz CT molecular complexity index is 1100. The van der Waals surface area contributed by atoms with Gasteiger partial charge in [-0.25, -0.2) is 4.57 Å². The maximum atomic E-state index is 12.6. The average molecular weight is 915 g/mol. The molecule has 0 saturated heterocycles. The number of esters is 2. The first-order valence-corrected chi connectivity index (χ1v) is 27.8. The third-order valence-corrected chi connectivity index (χ3v) is 12.6. The van der Waals surface area contributed by atoms with E-state index in [9.17, 15) is 24.2 Å². The summed E-state index contributed by atoms with van der Waals surface area (Å²) in [7, 11) is -4.63. The zero-order valence-electron chi connectivity index (χ0n) is 40.8. The van der Waals surface area contributed by atoms with Crippen LogP contribution in [-0.4, -0.2) is 65.7 Å². The minimum atomic E-state index is -4.63. The molecule has 0 aliphatic rings. The van der Waals surface area contributed by atoms with E-state index in [0.717, 1.165) is 32.1 Å². The largest absolute Gasteiger partial charge is 0.472 e. The highest BCUT2D eigenvalue weighted by molar-refractivity contribution is 7.47. The van der Waals surface area contributed by atoms with E-state index in [2.05, 4.69) is 32.1 Å². The number of phosphoric acid groups is 1. The third kappa shape index (κ3) is 48.2. The summed E-state index contributed by atoms with van der Waals surface area (Å²) in [6.07, 6.45) is 51.7. The van der Waals surface area contributed by atoms with Gasteiger partial charge in [0.1, 0.15) is 12.7 Å². The second-order valence-corrected chi connectivity index (χ2v) is 19.4. The number of rotatable bonds is 50. The van der Waals surface area contributed by atoms with Crippen LogP contribution in [0.2, 0.25) is 0 Å². The van der Waals surface area contributed by atoms with Gasteiger partial charge in [-0.15, -0.1) is 0 Å². The molecule has 0 aliphatic heterocycles. The lowest BCUT2D eigenvalue weighted by atomic mass is 10.0. The van der Waals surface area contributed by atoms with Crippen molar-refractivity contribution in [2.24, 2.45) is 0 Å². The summed E-state index contributed by atoms with van der Waals surface area (Å²) in [5, 5.41) is 18.4. The molecule has 372 valence electrons. The zero-order valence-corrected chi connectivity index (χ0v) is 41.7. The first kappa shape index (κ1) is 61.5. The van der Waals surface area contributed by atoms with E-state index in [-0.39, 0.29) is 19.4 Å². The lowest BCUT2D eigenvalue weighted by molar-refractivity contribution is -0.161. The first-order chi connectivity index (χ1) is 30.7.